The maximum absolute atomic E-state index is 9.45. The summed E-state index contributed by atoms with van der Waals surface area (Å²) in [5.41, 5.74) is 2.76. The van der Waals surface area contributed by atoms with Crippen molar-refractivity contribution in [3.8, 4) is 11.5 Å². The van der Waals surface area contributed by atoms with Gasteiger partial charge in [-0.3, -0.25) is 4.90 Å². The number of rotatable bonds is 10. The molecular weight excluding hydrogens is 522 g/mol. The van der Waals surface area contributed by atoms with E-state index < -0.39 is 0 Å². The molecule has 40 heavy (non-hydrogen) atoms. The molecule has 0 amide bonds. The molecule has 2 saturated carbocycles. The van der Waals surface area contributed by atoms with Crippen molar-refractivity contribution in [1.29, 1.82) is 0 Å². The molecule has 5 aliphatic rings. The third kappa shape index (κ3) is 3.96. The van der Waals surface area contributed by atoms with Gasteiger partial charge in [-0.25, -0.2) is 0 Å². The van der Waals surface area contributed by atoms with Crippen LogP contribution in [0.2, 0.25) is 0 Å². The number of hydrogen-bond donors (Lipinski definition) is 1. The highest BCUT2D eigenvalue weighted by Gasteiger charge is 2.67. The summed E-state index contributed by atoms with van der Waals surface area (Å²) in [6.07, 6.45) is 5.95. The highest BCUT2D eigenvalue weighted by atomic mass is 32.1. The maximum Gasteiger partial charge on any atom is 0.165 e. The Hall–Kier alpha value is -2.16. The van der Waals surface area contributed by atoms with Gasteiger partial charge in [0.1, 0.15) is 12.7 Å². The Labute approximate surface area is 240 Å². The van der Waals surface area contributed by atoms with Gasteiger partial charge in [0.25, 0.3) is 0 Å². The molecule has 3 unspecified atom stereocenters. The third-order valence-corrected chi connectivity index (χ3v) is 11.5. The van der Waals surface area contributed by atoms with Gasteiger partial charge in [-0.1, -0.05) is 24.3 Å². The van der Waals surface area contributed by atoms with E-state index in [0.717, 1.165) is 43.2 Å². The first-order valence-corrected chi connectivity index (χ1v) is 15.9. The van der Waals surface area contributed by atoms with Crippen LogP contribution in [-0.4, -0.2) is 68.3 Å². The minimum Gasteiger partial charge on any atom is -0.487 e. The second-order valence-electron chi connectivity index (χ2n) is 12.6. The molecule has 6 nitrogen and oxygen atoms in total. The van der Waals surface area contributed by atoms with Crippen LogP contribution < -0.4 is 9.47 Å². The van der Waals surface area contributed by atoms with Gasteiger partial charge in [-0.2, -0.15) is 0 Å². The van der Waals surface area contributed by atoms with E-state index in [-0.39, 0.29) is 36.8 Å². The second kappa shape index (κ2) is 9.99. The molecule has 2 bridgehead atoms. The number of nitrogens with zero attached hydrogens (tertiary/aromatic N) is 1. The van der Waals surface area contributed by atoms with Crippen LogP contribution in [0.1, 0.15) is 41.7 Å². The van der Waals surface area contributed by atoms with E-state index >= 15 is 0 Å². The molecule has 3 aromatic rings. The number of ether oxygens (including phenoxy) is 4. The lowest BCUT2D eigenvalue weighted by molar-refractivity contribution is -0.153. The minimum atomic E-state index is -0.0484. The molecular formula is C33H39NO5S. The van der Waals surface area contributed by atoms with Crippen molar-refractivity contribution in [2.75, 3.05) is 40.0 Å². The lowest BCUT2D eigenvalue weighted by atomic mass is 9.49. The second-order valence-corrected chi connectivity index (χ2v) is 13.8. The Morgan fingerprint density at radius 2 is 2.08 bits per heavy atom. The number of aliphatic hydroxyl groups is 1. The van der Waals surface area contributed by atoms with Crippen molar-refractivity contribution in [3.05, 3.63) is 58.5 Å². The van der Waals surface area contributed by atoms with Crippen molar-refractivity contribution in [2.45, 2.75) is 62.4 Å². The van der Waals surface area contributed by atoms with Crippen LogP contribution in [-0.2, 0) is 27.9 Å². The summed E-state index contributed by atoms with van der Waals surface area (Å²) in [7, 11) is 1.85. The average molecular weight is 562 g/mol. The highest BCUT2D eigenvalue weighted by Crippen LogP contribution is 2.65. The number of thiophene rings is 1. The molecule has 3 fully saturated rings. The van der Waals surface area contributed by atoms with E-state index in [2.05, 4.69) is 47.4 Å². The molecule has 1 saturated heterocycles. The number of hydrogen-bond acceptors (Lipinski definition) is 7. The average Bonchev–Trinajstić information content (AvgIpc) is 3.58. The van der Waals surface area contributed by atoms with Crippen LogP contribution in [0.5, 0.6) is 11.5 Å². The van der Waals surface area contributed by atoms with Crippen LogP contribution in [0.4, 0.5) is 0 Å². The van der Waals surface area contributed by atoms with Gasteiger partial charge >= 0.3 is 0 Å². The van der Waals surface area contributed by atoms with Crippen molar-refractivity contribution in [2.24, 2.45) is 17.8 Å². The monoisotopic (exact) mass is 561 g/mol. The van der Waals surface area contributed by atoms with Crippen LogP contribution in [0.3, 0.4) is 0 Å². The number of methoxy groups -OCH3 is 1. The summed E-state index contributed by atoms with van der Waals surface area (Å²) in [5, 5.41) is 10.7. The fourth-order valence-corrected chi connectivity index (χ4v) is 9.68. The summed E-state index contributed by atoms with van der Waals surface area (Å²) in [4.78, 5) is 4.09. The van der Waals surface area contributed by atoms with Crippen molar-refractivity contribution >= 4 is 21.4 Å². The molecule has 0 radical (unpaired) electrons. The summed E-state index contributed by atoms with van der Waals surface area (Å²) < 4.78 is 27.1. The Morgan fingerprint density at radius 3 is 2.90 bits per heavy atom. The zero-order valence-electron chi connectivity index (χ0n) is 23.2. The summed E-state index contributed by atoms with van der Waals surface area (Å²) >= 11 is 1.82. The minimum absolute atomic E-state index is 0.00810. The van der Waals surface area contributed by atoms with E-state index in [1.165, 1.54) is 45.5 Å². The fourth-order valence-electron chi connectivity index (χ4n) is 8.67. The van der Waals surface area contributed by atoms with Crippen LogP contribution in [0, 0.1) is 17.8 Å². The molecule has 2 aromatic carbocycles. The summed E-state index contributed by atoms with van der Waals surface area (Å²) in [6, 6.07) is 15.7. The van der Waals surface area contributed by atoms with Gasteiger partial charge in [0.05, 0.1) is 25.9 Å². The molecule has 7 heteroatoms. The van der Waals surface area contributed by atoms with Crippen molar-refractivity contribution in [3.63, 3.8) is 0 Å². The first-order chi connectivity index (χ1) is 19.7. The van der Waals surface area contributed by atoms with Gasteiger partial charge < -0.3 is 24.1 Å². The topological polar surface area (TPSA) is 60.4 Å². The van der Waals surface area contributed by atoms with E-state index in [1.54, 1.807) is 0 Å². The molecule has 2 aliphatic heterocycles. The van der Waals surface area contributed by atoms with Crippen molar-refractivity contribution < 1.29 is 24.1 Å². The summed E-state index contributed by atoms with van der Waals surface area (Å²) in [5.74, 6) is 3.33. The zero-order chi connectivity index (χ0) is 26.8. The normalized spacial score (nSPS) is 32.2. The molecule has 212 valence electrons. The quantitative estimate of drug-likeness (QED) is 0.368. The molecule has 3 aliphatic carbocycles. The SMILES string of the molecule is COC1[C@@H](COCc2cc3ccccc3s2)CC2C3Cc4ccc(OCCO)c5c4[C@@]2(CCN3CC2CC2)[C@H]1O5. The lowest BCUT2D eigenvalue weighted by Gasteiger charge is -2.61. The van der Waals surface area contributed by atoms with Gasteiger partial charge in [-0.15, -0.1) is 11.3 Å². The maximum atomic E-state index is 9.45. The van der Waals surface area contributed by atoms with Crippen LogP contribution in [0.25, 0.3) is 10.1 Å². The van der Waals surface area contributed by atoms with Crippen molar-refractivity contribution in [1.82, 2.24) is 4.90 Å². The first-order valence-electron chi connectivity index (χ1n) is 15.1. The number of aliphatic hydroxyl groups excluding tert-OH is 1. The Balaban J connectivity index is 1.11. The van der Waals surface area contributed by atoms with E-state index in [0.29, 0.717) is 25.2 Å². The number of benzene rings is 2. The van der Waals surface area contributed by atoms with Crippen LogP contribution in [0.15, 0.2) is 42.5 Å². The molecule has 1 spiro atoms. The molecule has 1 N–H and O–H groups in total. The highest BCUT2D eigenvalue weighted by molar-refractivity contribution is 7.19. The zero-order valence-corrected chi connectivity index (χ0v) is 24.0. The number of fused-ring (bicyclic) bond motifs is 1. The van der Waals surface area contributed by atoms with E-state index in [1.807, 2.05) is 18.4 Å². The number of likely N-dealkylation sites (tertiary alicyclic amines) is 1. The van der Waals surface area contributed by atoms with E-state index in [4.69, 9.17) is 18.9 Å². The smallest absolute Gasteiger partial charge is 0.165 e. The van der Waals surface area contributed by atoms with Gasteiger partial charge in [0, 0.05) is 46.2 Å². The van der Waals surface area contributed by atoms with E-state index in [9.17, 15) is 5.11 Å². The van der Waals surface area contributed by atoms with Gasteiger partial charge in [0.2, 0.25) is 0 Å². The fraction of sp³-hybridized carbons (Fsp3) is 0.576. The van der Waals surface area contributed by atoms with Gasteiger partial charge in [-0.05, 0) is 79.6 Å². The Bertz CT molecular complexity index is 1370. The molecule has 3 heterocycles. The molecule has 8 rings (SSSR count). The predicted octanol–water partition coefficient (Wildman–Crippen LogP) is 5.18. The van der Waals surface area contributed by atoms with Crippen LogP contribution >= 0.6 is 11.3 Å². The Kier molecular flexibility index (Phi) is 6.38. The third-order valence-electron chi connectivity index (χ3n) is 10.4. The number of piperidine rings is 1. The lowest BCUT2D eigenvalue weighted by Crippen LogP contribution is -2.69. The molecule has 6 atom stereocenters. The summed E-state index contributed by atoms with van der Waals surface area (Å²) in [6.45, 7) is 3.94. The standard InChI is InChI=1S/C33H39NO5S/c1-36-30-23(18-37-19-24-14-21-4-2-3-5-28(21)40-24)15-25-26-16-22-8-9-27(38-13-12-35)31-29(22)33(25,32(30)39-31)10-11-34(26)17-20-6-7-20/h2-5,8-9,14,20,23,25-26,30,32,35H,6-7,10-13,15-19H2,1H3/t23-,25?,26?,30?,32+,33+/m1/s1. The largest absolute Gasteiger partial charge is 0.487 e. The molecule has 1 aromatic heterocycles. The predicted molar refractivity (Wildman–Crippen MR) is 155 cm³/mol. The Morgan fingerprint density at radius 1 is 1.18 bits per heavy atom. The van der Waals surface area contributed by atoms with Gasteiger partial charge in [0.15, 0.2) is 11.5 Å². The first kappa shape index (κ1) is 25.5.